The first-order valence-corrected chi connectivity index (χ1v) is 14.0. The van der Waals surface area contributed by atoms with Gasteiger partial charge in [-0.2, -0.15) is 11.8 Å². The van der Waals surface area contributed by atoms with Crippen molar-refractivity contribution < 1.29 is 24.3 Å². The van der Waals surface area contributed by atoms with E-state index in [1.807, 2.05) is 51.3 Å². The molecule has 0 unspecified atom stereocenters. The van der Waals surface area contributed by atoms with Gasteiger partial charge >= 0.3 is 12.0 Å². The molecular formula is C28H38N4O5S. The minimum atomic E-state index is -1.16. The van der Waals surface area contributed by atoms with E-state index in [0.29, 0.717) is 24.3 Å². The lowest BCUT2D eigenvalue weighted by Crippen LogP contribution is -2.56. The highest BCUT2D eigenvalue weighted by atomic mass is 32.2. The van der Waals surface area contributed by atoms with E-state index in [2.05, 4.69) is 21.3 Å². The number of hydrogen-bond acceptors (Lipinski definition) is 5. The fraction of sp³-hybridized carbons (Fsp3) is 0.429. The molecule has 2 aromatic carbocycles. The van der Waals surface area contributed by atoms with E-state index in [4.69, 9.17) is 0 Å². The standard InChI is InChI=1S/C28H38N4O5S/c1-18(2)15-23(26(34)31-24(27(35)36)17-20-10-6-5-7-11-20)30-25(33)22(13-14-38-4)32-28(37)29-21-12-8-9-19(3)16-21/h5-12,16,18,22-24H,13-15,17H2,1-4H3,(H,30,33)(H,31,34)(H,35,36)(H2,29,32,37)/t22-,23-,24-/m0/s1. The van der Waals surface area contributed by atoms with Gasteiger partial charge in [0.1, 0.15) is 18.1 Å². The summed E-state index contributed by atoms with van der Waals surface area (Å²) in [7, 11) is 0. The van der Waals surface area contributed by atoms with E-state index in [0.717, 1.165) is 11.1 Å². The van der Waals surface area contributed by atoms with Gasteiger partial charge in [0.25, 0.3) is 0 Å². The van der Waals surface area contributed by atoms with Crippen LogP contribution in [0.2, 0.25) is 0 Å². The zero-order valence-electron chi connectivity index (χ0n) is 22.3. The number of carboxylic acid groups (broad SMARTS) is 1. The van der Waals surface area contributed by atoms with E-state index in [1.165, 1.54) is 11.8 Å². The molecular weight excluding hydrogens is 504 g/mol. The molecule has 0 aliphatic carbocycles. The number of thioether (sulfide) groups is 1. The van der Waals surface area contributed by atoms with Crippen LogP contribution >= 0.6 is 11.8 Å². The summed E-state index contributed by atoms with van der Waals surface area (Å²) < 4.78 is 0. The van der Waals surface area contributed by atoms with Crippen LogP contribution in [0.25, 0.3) is 0 Å². The maximum absolute atomic E-state index is 13.2. The lowest BCUT2D eigenvalue weighted by molar-refractivity contribution is -0.142. The first kappa shape index (κ1) is 30.7. The van der Waals surface area contributed by atoms with Crippen LogP contribution in [-0.4, -0.2) is 59.1 Å². The lowest BCUT2D eigenvalue weighted by atomic mass is 10.0. The predicted octanol–water partition coefficient (Wildman–Crippen LogP) is 3.58. The second-order valence-corrected chi connectivity index (χ2v) is 10.6. The third kappa shape index (κ3) is 10.8. The summed E-state index contributed by atoms with van der Waals surface area (Å²) in [5.74, 6) is -1.59. The summed E-state index contributed by atoms with van der Waals surface area (Å²) in [5, 5.41) is 20.5. The zero-order chi connectivity index (χ0) is 28.1. The average molecular weight is 543 g/mol. The van der Waals surface area contributed by atoms with Crippen LogP contribution in [0.1, 0.15) is 37.8 Å². The van der Waals surface area contributed by atoms with E-state index >= 15 is 0 Å². The molecule has 0 aromatic heterocycles. The number of carbonyl (C=O) groups excluding carboxylic acids is 3. The van der Waals surface area contributed by atoms with Crippen molar-refractivity contribution in [3.8, 4) is 0 Å². The molecule has 38 heavy (non-hydrogen) atoms. The minimum absolute atomic E-state index is 0.0469. The molecule has 10 heteroatoms. The van der Waals surface area contributed by atoms with Crippen LogP contribution in [0, 0.1) is 12.8 Å². The number of rotatable bonds is 14. The van der Waals surface area contributed by atoms with Gasteiger partial charge in [0, 0.05) is 12.1 Å². The highest BCUT2D eigenvalue weighted by molar-refractivity contribution is 7.98. The summed E-state index contributed by atoms with van der Waals surface area (Å²) >= 11 is 1.53. The van der Waals surface area contributed by atoms with Crippen LogP contribution in [0.3, 0.4) is 0 Å². The molecule has 0 saturated carbocycles. The molecule has 0 aliphatic heterocycles. The van der Waals surface area contributed by atoms with Gasteiger partial charge in [-0.1, -0.05) is 56.3 Å². The third-order valence-electron chi connectivity index (χ3n) is 5.75. The maximum atomic E-state index is 13.2. The number of nitrogens with one attached hydrogen (secondary N) is 4. The highest BCUT2D eigenvalue weighted by Crippen LogP contribution is 2.11. The summed E-state index contributed by atoms with van der Waals surface area (Å²) in [6, 6.07) is 12.8. The van der Waals surface area contributed by atoms with Crippen molar-refractivity contribution in [2.75, 3.05) is 17.3 Å². The summed E-state index contributed by atoms with van der Waals surface area (Å²) in [6.07, 6.45) is 2.67. The Morgan fingerprint density at radius 3 is 2.13 bits per heavy atom. The average Bonchev–Trinajstić information content (AvgIpc) is 2.85. The molecule has 206 valence electrons. The Bertz CT molecular complexity index is 1080. The van der Waals surface area contributed by atoms with Gasteiger partial charge in [0.05, 0.1) is 0 Å². The second kappa shape index (κ2) is 15.7. The van der Waals surface area contributed by atoms with Gasteiger partial charge < -0.3 is 26.4 Å². The number of hydrogen-bond donors (Lipinski definition) is 5. The van der Waals surface area contributed by atoms with Gasteiger partial charge in [-0.25, -0.2) is 9.59 Å². The van der Waals surface area contributed by atoms with Crippen LogP contribution in [0.5, 0.6) is 0 Å². The fourth-order valence-corrected chi connectivity index (χ4v) is 4.32. The van der Waals surface area contributed by atoms with Gasteiger partial charge in [0.15, 0.2) is 0 Å². The number of carbonyl (C=O) groups is 4. The Morgan fingerprint density at radius 2 is 1.53 bits per heavy atom. The molecule has 9 nitrogen and oxygen atoms in total. The summed E-state index contributed by atoms with van der Waals surface area (Å²) in [5.41, 5.74) is 2.35. The normalized spacial score (nSPS) is 13.2. The first-order valence-electron chi connectivity index (χ1n) is 12.6. The summed E-state index contributed by atoms with van der Waals surface area (Å²) in [4.78, 5) is 50.9. The van der Waals surface area contributed by atoms with Crippen LogP contribution in [-0.2, 0) is 20.8 Å². The highest BCUT2D eigenvalue weighted by Gasteiger charge is 2.30. The first-order chi connectivity index (χ1) is 18.1. The van der Waals surface area contributed by atoms with Crippen molar-refractivity contribution in [2.45, 2.75) is 58.2 Å². The van der Waals surface area contributed by atoms with E-state index in [1.54, 1.807) is 30.3 Å². The number of urea groups is 1. The Morgan fingerprint density at radius 1 is 0.868 bits per heavy atom. The molecule has 0 saturated heterocycles. The predicted molar refractivity (Wildman–Crippen MR) is 151 cm³/mol. The third-order valence-corrected chi connectivity index (χ3v) is 6.39. The Labute approximate surface area is 228 Å². The van der Waals surface area contributed by atoms with Gasteiger partial charge in [-0.15, -0.1) is 0 Å². The number of anilines is 1. The van der Waals surface area contributed by atoms with Crippen molar-refractivity contribution in [1.29, 1.82) is 0 Å². The van der Waals surface area contributed by atoms with Crippen molar-refractivity contribution in [2.24, 2.45) is 5.92 Å². The number of benzene rings is 2. The molecule has 0 fully saturated rings. The van der Waals surface area contributed by atoms with Crippen LogP contribution in [0.15, 0.2) is 54.6 Å². The van der Waals surface area contributed by atoms with E-state index in [-0.39, 0.29) is 12.3 Å². The van der Waals surface area contributed by atoms with E-state index in [9.17, 15) is 24.3 Å². The van der Waals surface area contributed by atoms with Crippen molar-refractivity contribution in [3.05, 3.63) is 65.7 Å². The molecule has 0 heterocycles. The van der Waals surface area contributed by atoms with Crippen LogP contribution < -0.4 is 21.3 Å². The molecule has 5 N–H and O–H groups in total. The lowest BCUT2D eigenvalue weighted by Gasteiger charge is -2.25. The van der Waals surface area contributed by atoms with Crippen LogP contribution in [0.4, 0.5) is 10.5 Å². The Kier molecular flexibility index (Phi) is 12.6. The number of aryl methyl sites for hydroxylation is 1. The van der Waals surface area contributed by atoms with Gasteiger partial charge in [-0.05, 0) is 61.0 Å². The zero-order valence-corrected chi connectivity index (χ0v) is 23.1. The maximum Gasteiger partial charge on any atom is 0.326 e. The Hall–Kier alpha value is -3.53. The molecule has 3 atom stereocenters. The van der Waals surface area contributed by atoms with Crippen molar-refractivity contribution in [1.82, 2.24) is 16.0 Å². The molecule has 0 radical (unpaired) electrons. The second-order valence-electron chi connectivity index (χ2n) is 9.58. The number of amides is 4. The number of aliphatic carboxylic acids is 1. The van der Waals surface area contributed by atoms with Crippen molar-refractivity contribution in [3.63, 3.8) is 0 Å². The quantitative estimate of drug-likeness (QED) is 0.248. The molecule has 2 rings (SSSR count). The van der Waals surface area contributed by atoms with Gasteiger partial charge in [-0.3, -0.25) is 9.59 Å². The molecule has 0 bridgehead atoms. The molecule has 0 spiro atoms. The topological polar surface area (TPSA) is 137 Å². The summed E-state index contributed by atoms with van der Waals surface area (Å²) in [6.45, 7) is 5.72. The smallest absolute Gasteiger partial charge is 0.326 e. The minimum Gasteiger partial charge on any atom is -0.480 e. The fourth-order valence-electron chi connectivity index (χ4n) is 3.85. The monoisotopic (exact) mass is 542 g/mol. The van der Waals surface area contributed by atoms with E-state index < -0.39 is 41.9 Å². The van der Waals surface area contributed by atoms with Crippen molar-refractivity contribution >= 4 is 41.3 Å². The molecule has 2 aromatic rings. The molecule has 4 amide bonds. The Balaban J connectivity index is 2.11. The van der Waals surface area contributed by atoms with Gasteiger partial charge in [0.2, 0.25) is 11.8 Å². The molecule has 0 aliphatic rings. The SMILES string of the molecule is CSCC[C@H](NC(=O)Nc1cccc(C)c1)C(=O)N[C@@H](CC(C)C)C(=O)N[C@@H](Cc1ccccc1)C(=O)O. The largest absolute Gasteiger partial charge is 0.480 e. The number of carboxylic acids is 1.